The van der Waals surface area contributed by atoms with Gasteiger partial charge in [-0.1, -0.05) is 11.3 Å². The Morgan fingerprint density at radius 1 is 1.54 bits per heavy atom. The molecule has 0 amide bonds. The molecule has 66 valence electrons. The van der Waals surface area contributed by atoms with E-state index in [1.54, 1.807) is 12.1 Å². The second-order valence-corrected chi connectivity index (χ2v) is 3.46. The van der Waals surface area contributed by atoms with E-state index in [9.17, 15) is 4.79 Å². The molecule has 1 aromatic heterocycles. The fourth-order valence-corrected chi connectivity index (χ4v) is 1.77. The number of fused-ring (bicyclic) bond motifs is 1. The average molecular weight is 194 g/mol. The van der Waals surface area contributed by atoms with Crippen LogP contribution in [0.25, 0.3) is 10.2 Å². The van der Waals surface area contributed by atoms with Gasteiger partial charge in [0.15, 0.2) is 5.13 Å². The zero-order chi connectivity index (χ0) is 9.26. The molecule has 0 unspecified atom stereocenters. The lowest BCUT2D eigenvalue weighted by atomic mass is 10.3. The third-order valence-corrected chi connectivity index (χ3v) is 2.43. The van der Waals surface area contributed by atoms with Crippen molar-refractivity contribution in [2.75, 3.05) is 5.73 Å². The molecule has 2 N–H and O–H groups in total. The molecule has 4 nitrogen and oxygen atoms in total. The summed E-state index contributed by atoms with van der Waals surface area (Å²) in [6, 6.07) is 5.20. The number of nitrogen functional groups attached to an aromatic ring is 1. The quantitative estimate of drug-likeness (QED) is 0.734. The second-order valence-electron chi connectivity index (χ2n) is 2.40. The molecule has 0 aliphatic heterocycles. The van der Waals surface area contributed by atoms with E-state index in [-0.39, 0.29) is 0 Å². The third-order valence-electron chi connectivity index (χ3n) is 1.56. The Morgan fingerprint density at radius 3 is 3.15 bits per heavy atom. The predicted molar refractivity (Wildman–Crippen MR) is 50.7 cm³/mol. The van der Waals surface area contributed by atoms with Crippen LogP contribution >= 0.6 is 11.3 Å². The fraction of sp³-hybridized carbons (Fsp3) is 0. The maximum atomic E-state index is 10.1. The van der Waals surface area contributed by atoms with Crippen LogP contribution in [0.5, 0.6) is 5.75 Å². The van der Waals surface area contributed by atoms with Crippen LogP contribution in [-0.4, -0.2) is 11.5 Å². The van der Waals surface area contributed by atoms with Gasteiger partial charge in [0.05, 0.1) is 10.2 Å². The third kappa shape index (κ3) is 1.46. The monoisotopic (exact) mass is 194 g/mol. The summed E-state index contributed by atoms with van der Waals surface area (Å²) in [6.45, 7) is 0.386. The standard InChI is InChI=1S/C8H6N2O2S/c9-8-10-6-3-5(12-4-11)1-2-7(6)13-8/h1-4H,(H2,9,10). The molecule has 2 rings (SSSR count). The molecule has 0 spiro atoms. The predicted octanol–water partition coefficient (Wildman–Crippen LogP) is 1.41. The smallest absolute Gasteiger partial charge is 0.298 e. The fourth-order valence-electron chi connectivity index (χ4n) is 1.05. The van der Waals surface area contributed by atoms with Gasteiger partial charge in [-0.2, -0.15) is 0 Å². The Morgan fingerprint density at radius 2 is 2.38 bits per heavy atom. The minimum atomic E-state index is 0.386. The molecule has 0 radical (unpaired) electrons. The van der Waals surface area contributed by atoms with Crippen LogP contribution in [0.4, 0.5) is 5.13 Å². The molecule has 1 heterocycles. The minimum absolute atomic E-state index is 0.386. The topological polar surface area (TPSA) is 65.2 Å². The number of carbonyl (C=O) groups is 1. The van der Waals surface area contributed by atoms with Gasteiger partial charge in [0, 0.05) is 6.07 Å². The van der Waals surface area contributed by atoms with Crippen LogP contribution in [0.1, 0.15) is 0 Å². The maximum absolute atomic E-state index is 10.1. The van der Waals surface area contributed by atoms with Crippen molar-refractivity contribution in [2.45, 2.75) is 0 Å². The SMILES string of the molecule is Nc1nc2cc(OC=O)ccc2s1. The van der Waals surface area contributed by atoms with Crippen molar-refractivity contribution >= 4 is 33.2 Å². The summed E-state index contributed by atoms with van der Waals surface area (Å²) < 4.78 is 5.65. The van der Waals surface area contributed by atoms with Crippen molar-refractivity contribution in [3.63, 3.8) is 0 Å². The number of carbonyl (C=O) groups excluding carboxylic acids is 1. The number of rotatable bonds is 2. The van der Waals surface area contributed by atoms with E-state index in [2.05, 4.69) is 9.72 Å². The first-order valence-corrected chi connectivity index (χ1v) is 4.37. The number of thiazole rings is 1. The van der Waals surface area contributed by atoms with Gasteiger partial charge in [0.2, 0.25) is 0 Å². The van der Waals surface area contributed by atoms with Crippen LogP contribution < -0.4 is 10.5 Å². The zero-order valence-electron chi connectivity index (χ0n) is 6.56. The molecule has 13 heavy (non-hydrogen) atoms. The Labute approximate surface area is 78.0 Å². The first kappa shape index (κ1) is 8.00. The van der Waals surface area contributed by atoms with Gasteiger partial charge in [-0.3, -0.25) is 4.79 Å². The van der Waals surface area contributed by atoms with Crippen LogP contribution in [0, 0.1) is 0 Å². The summed E-state index contributed by atoms with van der Waals surface area (Å²) in [5, 5.41) is 0.512. The van der Waals surface area contributed by atoms with Crippen molar-refractivity contribution in [3.8, 4) is 5.75 Å². The lowest BCUT2D eigenvalue weighted by Crippen LogP contribution is -1.87. The van der Waals surface area contributed by atoms with Gasteiger partial charge in [-0.25, -0.2) is 4.98 Å². The summed E-state index contributed by atoms with van der Waals surface area (Å²) in [5.74, 6) is 0.479. The zero-order valence-corrected chi connectivity index (χ0v) is 7.38. The summed E-state index contributed by atoms with van der Waals surface area (Å²) in [6.07, 6.45) is 0. The Bertz CT molecular complexity index is 452. The molecule has 0 saturated carbocycles. The van der Waals surface area contributed by atoms with Gasteiger partial charge in [-0.05, 0) is 12.1 Å². The van der Waals surface area contributed by atoms with Crippen molar-refractivity contribution in [2.24, 2.45) is 0 Å². The first-order valence-electron chi connectivity index (χ1n) is 3.56. The van der Waals surface area contributed by atoms with E-state index in [0.717, 1.165) is 10.2 Å². The number of hydrogen-bond acceptors (Lipinski definition) is 5. The molecule has 1 aromatic carbocycles. The first-order chi connectivity index (χ1) is 6.29. The van der Waals surface area contributed by atoms with E-state index in [4.69, 9.17) is 5.73 Å². The summed E-state index contributed by atoms with van der Waals surface area (Å²) >= 11 is 1.40. The molecular formula is C8H6N2O2S. The van der Waals surface area contributed by atoms with Crippen molar-refractivity contribution in [1.82, 2.24) is 4.98 Å². The highest BCUT2D eigenvalue weighted by molar-refractivity contribution is 7.22. The number of nitrogens with zero attached hydrogens (tertiary/aromatic N) is 1. The summed E-state index contributed by atoms with van der Waals surface area (Å²) in [5.41, 5.74) is 6.26. The number of ether oxygens (including phenoxy) is 1. The summed E-state index contributed by atoms with van der Waals surface area (Å²) in [7, 11) is 0. The van der Waals surface area contributed by atoms with Crippen LogP contribution in [-0.2, 0) is 4.79 Å². The highest BCUT2D eigenvalue weighted by atomic mass is 32.1. The molecule has 0 saturated heterocycles. The molecule has 0 bridgehead atoms. The Balaban J connectivity index is 2.54. The number of aromatic nitrogens is 1. The lowest BCUT2D eigenvalue weighted by molar-refractivity contribution is -0.120. The van der Waals surface area contributed by atoms with E-state index in [1.165, 1.54) is 11.3 Å². The number of hydrogen-bond donors (Lipinski definition) is 1. The molecular weight excluding hydrogens is 188 g/mol. The highest BCUT2D eigenvalue weighted by Gasteiger charge is 2.01. The normalized spacial score (nSPS) is 10.2. The molecule has 2 aromatic rings. The maximum Gasteiger partial charge on any atom is 0.298 e. The Hall–Kier alpha value is -1.62. The number of nitrogens with two attached hydrogens (primary N) is 1. The largest absolute Gasteiger partial charge is 0.429 e. The second kappa shape index (κ2) is 3.02. The number of benzene rings is 1. The Kier molecular flexibility index (Phi) is 1.86. The van der Waals surface area contributed by atoms with Gasteiger partial charge in [0.1, 0.15) is 5.75 Å². The number of anilines is 1. The van der Waals surface area contributed by atoms with Gasteiger partial charge >= 0.3 is 0 Å². The van der Waals surface area contributed by atoms with E-state index in [0.29, 0.717) is 17.4 Å². The molecule has 0 aliphatic carbocycles. The van der Waals surface area contributed by atoms with Crippen molar-refractivity contribution in [3.05, 3.63) is 18.2 Å². The average Bonchev–Trinajstić information content (AvgIpc) is 2.44. The van der Waals surface area contributed by atoms with Crippen molar-refractivity contribution < 1.29 is 9.53 Å². The lowest BCUT2D eigenvalue weighted by Gasteiger charge is -1.94. The van der Waals surface area contributed by atoms with E-state index < -0.39 is 0 Å². The van der Waals surface area contributed by atoms with Crippen LogP contribution in [0.3, 0.4) is 0 Å². The molecule has 0 aliphatic rings. The minimum Gasteiger partial charge on any atom is -0.429 e. The van der Waals surface area contributed by atoms with Crippen molar-refractivity contribution in [1.29, 1.82) is 0 Å². The molecule has 0 fully saturated rings. The highest BCUT2D eigenvalue weighted by Crippen LogP contribution is 2.26. The summed E-state index contributed by atoms with van der Waals surface area (Å²) in [4.78, 5) is 14.1. The van der Waals surface area contributed by atoms with Crippen LogP contribution in [0.15, 0.2) is 18.2 Å². The van der Waals surface area contributed by atoms with Gasteiger partial charge in [-0.15, -0.1) is 0 Å². The van der Waals surface area contributed by atoms with E-state index in [1.807, 2.05) is 6.07 Å². The van der Waals surface area contributed by atoms with E-state index >= 15 is 0 Å². The van der Waals surface area contributed by atoms with Crippen LogP contribution in [0.2, 0.25) is 0 Å². The van der Waals surface area contributed by atoms with Gasteiger partial charge in [0.25, 0.3) is 6.47 Å². The molecule has 5 heteroatoms. The molecule has 0 atom stereocenters. The van der Waals surface area contributed by atoms with Gasteiger partial charge < -0.3 is 10.5 Å².